The Morgan fingerprint density at radius 1 is 1.45 bits per heavy atom. The van der Waals surface area contributed by atoms with Crippen LogP contribution < -0.4 is 10.6 Å². The molecule has 0 saturated heterocycles. The number of hydrogen-bond donors (Lipinski definition) is 2. The molecule has 1 amide bonds. The van der Waals surface area contributed by atoms with Gasteiger partial charge in [-0.05, 0) is 24.0 Å². The van der Waals surface area contributed by atoms with E-state index in [0.29, 0.717) is 29.7 Å². The summed E-state index contributed by atoms with van der Waals surface area (Å²) in [5, 5.41) is 6.08. The van der Waals surface area contributed by atoms with Gasteiger partial charge in [-0.2, -0.15) is 0 Å². The molecule has 1 aromatic heterocycles. The summed E-state index contributed by atoms with van der Waals surface area (Å²) in [5.74, 6) is 0.414. The lowest BCUT2D eigenvalue weighted by Crippen LogP contribution is -2.34. The molecule has 0 fully saturated rings. The summed E-state index contributed by atoms with van der Waals surface area (Å²) in [6, 6.07) is 3.23. The van der Waals surface area contributed by atoms with Gasteiger partial charge < -0.3 is 15.4 Å². The second-order valence-electron chi connectivity index (χ2n) is 5.40. The Balaban J connectivity index is 2.65. The summed E-state index contributed by atoms with van der Waals surface area (Å²) in [4.78, 5) is 16.2. The van der Waals surface area contributed by atoms with Crippen molar-refractivity contribution in [2.24, 2.45) is 5.41 Å². The van der Waals surface area contributed by atoms with E-state index in [4.69, 9.17) is 16.3 Å². The van der Waals surface area contributed by atoms with Crippen LogP contribution in [0.2, 0.25) is 5.15 Å². The first-order chi connectivity index (χ1) is 9.38. The third kappa shape index (κ3) is 5.35. The molecule has 0 aliphatic carbocycles. The molecule has 0 unspecified atom stereocenters. The second kappa shape index (κ2) is 7.45. The summed E-state index contributed by atoms with van der Waals surface area (Å²) in [5.41, 5.74) is 0.478. The Kier molecular flexibility index (Phi) is 6.23. The maximum absolute atomic E-state index is 12.1. The van der Waals surface area contributed by atoms with Crippen LogP contribution >= 0.6 is 11.6 Å². The molecule has 112 valence electrons. The van der Waals surface area contributed by atoms with Crippen LogP contribution in [0.3, 0.4) is 0 Å². The van der Waals surface area contributed by atoms with E-state index in [-0.39, 0.29) is 11.3 Å². The zero-order valence-electron chi connectivity index (χ0n) is 12.4. The number of carbonyl (C=O) groups excluding carboxylic acids is 1. The highest BCUT2D eigenvalue weighted by atomic mass is 35.5. The monoisotopic (exact) mass is 299 g/mol. The fourth-order valence-corrected chi connectivity index (χ4v) is 1.85. The van der Waals surface area contributed by atoms with Gasteiger partial charge >= 0.3 is 0 Å². The lowest BCUT2D eigenvalue weighted by atomic mass is 9.89. The average molecular weight is 300 g/mol. The van der Waals surface area contributed by atoms with E-state index >= 15 is 0 Å². The van der Waals surface area contributed by atoms with Crippen molar-refractivity contribution in [1.29, 1.82) is 0 Å². The first-order valence-electron chi connectivity index (χ1n) is 6.50. The molecule has 0 bridgehead atoms. The van der Waals surface area contributed by atoms with E-state index in [9.17, 15) is 4.79 Å². The van der Waals surface area contributed by atoms with Crippen LogP contribution in [-0.2, 0) is 4.74 Å². The molecule has 0 saturated carbocycles. The van der Waals surface area contributed by atoms with Crippen LogP contribution in [0.1, 0.15) is 30.6 Å². The molecule has 2 N–H and O–H groups in total. The minimum absolute atomic E-state index is 0.0195. The van der Waals surface area contributed by atoms with Crippen molar-refractivity contribution in [2.45, 2.75) is 20.3 Å². The minimum atomic E-state index is -0.156. The van der Waals surface area contributed by atoms with Gasteiger partial charge in [-0.15, -0.1) is 0 Å². The zero-order chi connectivity index (χ0) is 15.2. The van der Waals surface area contributed by atoms with E-state index in [0.717, 1.165) is 6.42 Å². The molecule has 1 aromatic rings. The number of amides is 1. The fraction of sp³-hybridized carbons (Fsp3) is 0.571. The predicted molar refractivity (Wildman–Crippen MR) is 81.4 cm³/mol. The smallest absolute Gasteiger partial charge is 0.251 e. The topological polar surface area (TPSA) is 63.2 Å². The lowest BCUT2D eigenvalue weighted by molar-refractivity contribution is 0.0921. The van der Waals surface area contributed by atoms with Crippen molar-refractivity contribution >= 4 is 23.3 Å². The normalized spacial score (nSPS) is 11.2. The average Bonchev–Trinajstić information content (AvgIpc) is 2.42. The summed E-state index contributed by atoms with van der Waals surface area (Å²) in [6.07, 6.45) is 0.878. The molecular formula is C14H22ClN3O2. The SMILES string of the molecule is CNc1cc(C(=O)NCC(C)(C)CCOC)cc(Cl)n1. The van der Waals surface area contributed by atoms with E-state index in [1.807, 2.05) is 0 Å². The number of anilines is 1. The number of rotatable bonds is 7. The van der Waals surface area contributed by atoms with Gasteiger partial charge in [0.15, 0.2) is 0 Å². The molecule has 1 rings (SSSR count). The Morgan fingerprint density at radius 3 is 2.75 bits per heavy atom. The standard InChI is InChI=1S/C14H22ClN3O2/c1-14(2,5-6-20-4)9-17-13(19)10-7-11(15)18-12(8-10)16-3/h7-8H,5-6,9H2,1-4H3,(H,16,18)(H,17,19). The van der Waals surface area contributed by atoms with E-state index in [2.05, 4.69) is 29.5 Å². The van der Waals surface area contributed by atoms with Crippen LogP contribution in [-0.4, -0.2) is 38.2 Å². The number of hydrogen-bond acceptors (Lipinski definition) is 4. The first-order valence-corrected chi connectivity index (χ1v) is 6.88. The number of pyridine rings is 1. The number of ether oxygens (including phenoxy) is 1. The van der Waals surface area contributed by atoms with Gasteiger partial charge in [0, 0.05) is 32.9 Å². The molecule has 0 spiro atoms. The number of nitrogens with one attached hydrogen (secondary N) is 2. The molecule has 0 aliphatic heterocycles. The Hall–Kier alpha value is -1.33. The maximum Gasteiger partial charge on any atom is 0.251 e. The molecule has 6 heteroatoms. The highest BCUT2D eigenvalue weighted by Crippen LogP contribution is 2.19. The molecule has 0 atom stereocenters. The molecule has 0 aromatic carbocycles. The number of carbonyl (C=O) groups is 1. The number of halogens is 1. The van der Waals surface area contributed by atoms with Gasteiger partial charge in [-0.1, -0.05) is 25.4 Å². The van der Waals surface area contributed by atoms with Crippen molar-refractivity contribution in [2.75, 3.05) is 32.6 Å². The number of methoxy groups -OCH3 is 1. The van der Waals surface area contributed by atoms with Crippen molar-refractivity contribution in [3.05, 3.63) is 22.8 Å². The predicted octanol–water partition coefficient (Wildman–Crippen LogP) is 2.57. The van der Waals surface area contributed by atoms with Crippen molar-refractivity contribution in [1.82, 2.24) is 10.3 Å². The van der Waals surface area contributed by atoms with Crippen LogP contribution in [0.25, 0.3) is 0 Å². The minimum Gasteiger partial charge on any atom is -0.385 e. The van der Waals surface area contributed by atoms with Gasteiger partial charge in [0.25, 0.3) is 5.91 Å². The summed E-state index contributed by atoms with van der Waals surface area (Å²) < 4.78 is 5.07. The summed E-state index contributed by atoms with van der Waals surface area (Å²) in [7, 11) is 3.40. The Bertz CT molecular complexity index is 464. The highest BCUT2D eigenvalue weighted by Gasteiger charge is 2.19. The van der Waals surface area contributed by atoms with Crippen molar-refractivity contribution in [3.63, 3.8) is 0 Å². The highest BCUT2D eigenvalue weighted by molar-refractivity contribution is 6.29. The van der Waals surface area contributed by atoms with Gasteiger partial charge in [0.05, 0.1) is 0 Å². The quantitative estimate of drug-likeness (QED) is 0.760. The van der Waals surface area contributed by atoms with Gasteiger partial charge in [-0.25, -0.2) is 4.98 Å². The van der Waals surface area contributed by atoms with Crippen LogP contribution in [0.15, 0.2) is 12.1 Å². The van der Waals surface area contributed by atoms with E-state index in [1.165, 1.54) is 0 Å². The molecule has 0 radical (unpaired) electrons. The molecule has 5 nitrogen and oxygen atoms in total. The molecule has 0 aliphatic rings. The molecular weight excluding hydrogens is 278 g/mol. The summed E-state index contributed by atoms with van der Waals surface area (Å²) >= 11 is 5.88. The largest absolute Gasteiger partial charge is 0.385 e. The Labute approximate surface area is 125 Å². The van der Waals surface area contributed by atoms with Gasteiger partial charge in [0.2, 0.25) is 0 Å². The first kappa shape index (κ1) is 16.7. The van der Waals surface area contributed by atoms with Gasteiger partial charge in [0.1, 0.15) is 11.0 Å². The third-order valence-electron chi connectivity index (χ3n) is 3.02. The van der Waals surface area contributed by atoms with E-state index < -0.39 is 0 Å². The second-order valence-corrected chi connectivity index (χ2v) is 5.79. The van der Waals surface area contributed by atoms with Crippen LogP contribution in [0.4, 0.5) is 5.82 Å². The fourth-order valence-electron chi connectivity index (χ4n) is 1.64. The van der Waals surface area contributed by atoms with E-state index in [1.54, 1.807) is 26.3 Å². The lowest BCUT2D eigenvalue weighted by Gasteiger charge is -2.24. The van der Waals surface area contributed by atoms with Crippen LogP contribution in [0, 0.1) is 5.41 Å². The number of nitrogens with zero attached hydrogens (tertiary/aromatic N) is 1. The van der Waals surface area contributed by atoms with Gasteiger partial charge in [-0.3, -0.25) is 4.79 Å². The summed E-state index contributed by atoms with van der Waals surface area (Å²) in [6.45, 7) is 5.42. The van der Waals surface area contributed by atoms with Crippen LogP contribution in [0.5, 0.6) is 0 Å². The number of aromatic nitrogens is 1. The van der Waals surface area contributed by atoms with Crippen molar-refractivity contribution in [3.8, 4) is 0 Å². The van der Waals surface area contributed by atoms with Crippen molar-refractivity contribution < 1.29 is 9.53 Å². The molecule has 1 heterocycles. The Morgan fingerprint density at radius 2 is 2.15 bits per heavy atom. The zero-order valence-corrected chi connectivity index (χ0v) is 13.2. The third-order valence-corrected chi connectivity index (χ3v) is 3.22. The maximum atomic E-state index is 12.1. The molecule has 20 heavy (non-hydrogen) atoms.